The maximum Gasteiger partial charge on any atom is 0.189 e. The van der Waals surface area contributed by atoms with E-state index in [-0.39, 0.29) is 0 Å². The van der Waals surface area contributed by atoms with Crippen molar-refractivity contribution in [3.8, 4) is 5.75 Å². The monoisotopic (exact) mass is 398 g/mol. The van der Waals surface area contributed by atoms with Crippen molar-refractivity contribution in [2.45, 2.75) is 6.54 Å². The number of nitrogens with one attached hydrogen (secondary N) is 1. The van der Waals surface area contributed by atoms with E-state index in [0.717, 1.165) is 22.2 Å². The molecule has 0 spiro atoms. The number of pyridine rings is 1. The van der Waals surface area contributed by atoms with Crippen LogP contribution in [-0.4, -0.2) is 35.5 Å². The van der Waals surface area contributed by atoms with Crippen molar-refractivity contribution >= 4 is 46.0 Å². The highest BCUT2D eigenvalue weighted by Crippen LogP contribution is 2.23. The van der Waals surface area contributed by atoms with Crippen molar-refractivity contribution in [1.29, 1.82) is 0 Å². The number of thiocarbonyl (C=S) groups is 1. The molecular weight excluding hydrogens is 380 g/mol. The Morgan fingerprint density at radius 3 is 2.78 bits per heavy atom. The molecule has 27 heavy (non-hydrogen) atoms. The van der Waals surface area contributed by atoms with Crippen LogP contribution in [0.25, 0.3) is 10.9 Å². The van der Waals surface area contributed by atoms with Crippen molar-refractivity contribution in [2.24, 2.45) is 5.10 Å². The lowest BCUT2D eigenvalue weighted by Gasteiger charge is -2.15. The fraction of sp³-hybridized carbons (Fsp3) is 0.150. The molecule has 0 amide bonds. The number of halogens is 1. The number of methoxy groups -OCH3 is 1. The first-order valence-electron chi connectivity index (χ1n) is 8.30. The van der Waals surface area contributed by atoms with E-state index in [4.69, 9.17) is 28.6 Å². The first kappa shape index (κ1) is 19.1. The van der Waals surface area contributed by atoms with Gasteiger partial charge in [-0.3, -0.25) is 0 Å². The lowest BCUT2D eigenvalue weighted by molar-refractivity contribution is 0.415. The second kappa shape index (κ2) is 8.79. The largest absolute Gasteiger partial charge is 0.497 e. The average Bonchev–Trinajstić information content (AvgIpc) is 2.70. The summed E-state index contributed by atoms with van der Waals surface area (Å²) in [4.78, 5) is 4.40. The van der Waals surface area contributed by atoms with Crippen LogP contribution in [0.4, 0.5) is 0 Å². The quantitative estimate of drug-likeness (QED) is 0.301. The Labute approximate surface area is 168 Å². The number of aromatic nitrogens is 1. The summed E-state index contributed by atoms with van der Waals surface area (Å²) in [7, 11) is 3.41. The molecule has 0 aliphatic rings. The van der Waals surface area contributed by atoms with Gasteiger partial charge in [-0.15, -0.1) is 0 Å². The topological polar surface area (TPSA) is 49.8 Å². The molecule has 3 aromatic rings. The molecule has 0 unspecified atom stereocenters. The van der Waals surface area contributed by atoms with Crippen LogP contribution in [0.3, 0.4) is 0 Å². The van der Waals surface area contributed by atoms with Gasteiger partial charge in [0.1, 0.15) is 10.9 Å². The van der Waals surface area contributed by atoms with Crippen molar-refractivity contribution in [2.75, 3.05) is 14.2 Å². The fourth-order valence-corrected chi connectivity index (χ4v) is 2.77. The third kappa shape index (κ3) is 4.93. The Hall–Kier alpha value is -2.70. The number of benzene rings is 2. The van der Waals surface area contributed by atoms with E-state index in [1.807, 2.05) is 54.6 Å². The van der Waals surface area contributed by atoms with Gasteiger partial charge in [0.15, 0.2) is 5.11 Å². The van der Waals surface area contributed by atoms with Crippen molar-refractivity contribution < 1.29 is 4.74 Å². The molecule has 0 fully saturated rings. The standard InChI is InChI=1S/C20H19ClN4OS/c1-25(20(27)22-12-14-6-4-3-5-7-14)23-13-16-10-15-11-17(26-2)8-9-18(15)24-19(16)21/h3-11,13H,12H2,1-2H3,(H,22,27)/b23-13-. The fourth-order valence-electron chi connectivity index (χ4n) is 2.45. The summed E-state index contributed by atoms with van der Waals surface area (Å²) >= 11 is 11.7. The number of nitrogens with zero attached hydrogens (tertiary/aromatic N) is 3. The Morgan fingerprint density at radius 2 is 2.04 bits per heavy atom. The van der Waals surface area contributed by atoms with E-state index in [2.05, 4.69) is 15.4 Å². The highest BCUT2D eigenvalue weighted by molar-refractivity contribution is 7.80. The molecule has 1 heterocycles. The molecule has 0 radical (unpaired) electrons. The smallest absolute Gasteiger partial charge is 0.189 e. The first-order chi connectivity index (χ1) is 13.1. The third-order valence-electron chi connectivity index (χ3n) is 3.95. The number of fused-ring (bicyclic) bond motifs is 1. The van der Waals surface area contributed by atoms with Crippen molar-refractivity contribution in [3.63, 3.8) is 0 Å². The van der Waals surface area contributed by atoms with Gasteiger partial charge in [-0.25, -0.2) is 9.99 Å². The zero-order chi connectivity index (χ0) is 19.2. The minimum atomic E-state index is 0.382. The van der Waals surface area contributed by atoms with Crippen LogP contribution in [0.1, 0.15) is 11.1 Å². The maximum atomic E-state index is 6.28. The predicted octanol–water partition coefficient (Wildman–Crippen LogP) is 4.24. The molecular formula is C20H19ClN4OS. The van der Waals surface area contributed by atoms with Crippen LogP contribution >= 0.6 is 23.8 Å². The molecule has 5 nitrogen and oxygen atoms in total. The lowest BCUT2D eigenvalue weighted by Crippen LogP contribution is -2.33. The predicted molar refractivity (Wildman–Crippen MR) is 115 cm³/mol. The van der Waals surface area contributed by atoms with E-state index in [1.165, 1.54) is 0 Å². The van der Waals surface area contributed by atoms with Gasteiger partial charge in [0.05, 0.1) is 18.8 Å². The summed E-state index contributed by atoms with van der Waals surface area (Å²) in [6.45, 7) is 0.637. The summed E-state index contributed by atoms with van der Waals surface area (Å²) in [5.74, 6) is 0.762. The number of hydrogen-bond donors (Lipinski definition) is 1. The van der Waals surface area contributed by atoms with Crippen LogP contribution < -0.4 is 10.1 Å². The molecule has 0 atom stereocenters. The first-order valence-corrected chi connectivity index (χ1v) is 9.09. The Bertz CT molecular complexity index is 978. The van der Waals surface area contributed by atoms with Gasteiger partial charge in [-0.1, -0.05) is 41.9 Å². The molecule has 138 valence electrons. The lowest BCUT2D eigenvalue weighted by atomic mass is 10.1. The van der Waals surface area contributed by atoms with E-state index >= 15 is 0 Å². The van der Waals surface area contributed by atoms with Crippen LogP contribution in [0.2, 0.25) is 5.15 Å². The van der Waals surface area contributed by atoms with Gasteiger partial charge in [0.2, 0.25) is 0 Å². The highest BCUT2D eigenvalue weighted by Gasteiger charge is 2.06. The van der Waals surface area contributed by atoms with Crippen molar-refractivity contribution in [3.05, 3.63) is 70.9 Å². The second-order valence-electron chi connectivity index (χ2n) is 5.84. The molecule has 2 aromatic carbocycles. The third-order valence-corrected chi connectivity index (χ3v) is 4.66. The van der Waals surface area contributed by atoms with Crippen LogP contribution in [0.5, 0.6) is 5.75 Å². The SMILES string of the molecule is COc1ccc2nc(Cl)c(/C=N\N(C)C(=S)NCc3ccccc3)cc2c1. The second-order valence-corrected chi connectivity index (χ2v) is 6.58. The van der Waals surface area contributed by atoms with Crippen molar-refractivity contribution in [1.82, 2.24) is 15.3 Å². The van der Waals surface area contributed by atoms with Crippen LogP contribution in [0.15, 0.2) is 59.7 Å². The van der Waals surface area contributed by atoms with Gasteiger partial charge in [0.25, 0.3) is 0 Å². The number of ether oxygens (including phenoxy) is 1. The van der Waals surface area contributed by atoms with Crippen LogP contribution in [-0.2, 0) is 6.54 Å². The molecule has 0 aliphatic carbocycles. The van der Waals surface area contributed by atoms with E-state index < -0.39 is 0 Å². The summed E-state index contributed by atoms with van der Waals surface area (Å²) in [6.07, 6.45) is 1.64. The molecule has 1 N–H and O–H groups in total. The number of rotatable bonds is 5. The van der Waals surface area contributed by atoms with E-state index in [1.54, 1.807) is 25.4 Å². The maximum absolute atomic E-state index is 6.28. The zero-order valence-electron chi connectivity index (χ0n) is 15.0. The molecule has 7 heteroatoms. The van der Waals surface area contributed by atoms with Gasteiger partial charge < -0.3 is 10.1 Å². The van der Waals surface area contributed by atoms with E-state index in [9.17, 15) is 0 Å². The molecule has 1 aromatic heterocycles. The summed E-state index contributed by atoms with van der Waals surface area (Å²) in [6, 6.07) is 17.6. The minimum Gasteiger partial charge on any atom is -0.497 e. The molecule has 3 rings (SSSR count). The molecule has 0 bridgehead atoms. The molecule has 0 aliphatic heterocycles. The Balaban J connectivity index is 1.70. The summed E-state index contributed by atoms with van der Waals surface area (Å²) < 4.78 is 5.26. The van der Waals surface area contributed by atoms with Gasteiger partial charge >= 0.3 is 0 Å². The Morgan fingerprint density at radius 1 is 1.26 bits per heavy atom. The summed E-state index contributed by atoms with van der Waals surface area (Å²) in [5.41, 5.74) is 2.65. The minimum absolute atomic E-state index is 0.382. The van der Waals surface area contributed by atoms with Gasteiger partial charge in [0, 0.05) is 24.5 Å². The van der Waals surface area contributed by atoms with Gasteiger partial charge in [-0.2, -0.15) is 5.10 Å². The zero-order valence-corrected chi connectivity index (χ0v) is 16.6. The summed E-state index contributed by atoms with van der Waals surface area (Å²) in [5, 5.41) is 10.9. The normalized spacial score (nSPS) is 10.9. The number of hydrazone groups is 1. The average molecular weight is 399 g/mol. The van der Waals surface area contributed by atoms with E-state index in [0.29, 0.717) is 22.4 Å². The molecule has 0 saturated heterocycles. The molecule has 0 saturated carbocycles. The number of hydrogen-bond acceptors (Lipinski definition) is 4. The Kier molecular flexibility index (Phi) is 6.21. The van der Waals surface area contributed by atoms with Gasteiger partial charge in [-0.05, 0) is 42.0 Å². The van der Waals surface area contributed by atoms with Crippen LogP contribution in [0, 0.1) is 0 Å². The highest BCUT2D eigenvalue weighted by atomic mass is 35.5.